The Labute approximate surface area is 199 Å². The zero-order chi connectivity index (χ0) is 22.7. The summed E-state index contributed by atoms with van der Waals surface area (Å²) in [4.78, 5) is 21.2. The highest BCUT2D eigenvalue weighted by atomic mass is 35.5. The van der Waals surface area contributed by atoms with Gasteiger partial charge in [-0.05, 0) is 45.0 Å². The third-order valence-electron chi connectivity index (χ3n) is 5.77. The lowest BCUT2D eigenvalue weighted by atomic mass is 10.1. The minimum absolute atomic E-state index is 0.576. The molecule has 1 aliphatic rings. The van der Waals surface area contributed by atoms with E-state index >= 15 is 0 Å². The van der Waals surface area contributed by atoms with Gasteiger partial charge in [0.2, 0.25) is 11.9 Å². The van der Waals surface area contributed by atoms with Gasteiger partial charge in [0.15, 0.2) is 5.82 Å². The molecule has 2 heterocycles. The summed E-state index contributed by atoms with van der Waals surface area (Å²) in [5.41, 5.74) is 3.28. The largest absolute Gasteiger partial charge is 0.368 e. The number of benzene rings is 2. The van der Waals surface area contributed by atoms with Crippen LogP contribution in [0.4, 0.5) is 17.6 Å². The summed E-state index contributed by atoms with van der Waals surface area (Å²) < 4.78 is 0. The van der Waals surface area contributed by atoms with Gasteiger partial charge in [0.25, 0.3) is 0 Å². The molecule has 1 aromatic heterocycles. The maximum Gasteiger partial charge on any atom is 0.230 e. The monoisotopic (exact) mass is 470 g/mol. The molecule has 1 aliphatic heterocycles. The summed E-state index contributed by atoms with van der Waals surface area (Å²) in [7, 11) is 0. The molecule has 2 aromatic carbocycles. The van der Waals surface area contributed by atoms with Crippen molar-refractivity contribution in [2.24, 2.45) is 0 Å². The van der Waals surface area contributed by atoms with Crippen molar-refractivity contribution in [2.75, 3.05) is 54.0 Å². The highest BCUT2D eigenvalue weighted by Crippen LogP contribution is 2.29. The Bertz CT molecular complexity index is 1080. The molecule has 0 radical (unpaired) electrons. The highest BCUT2D eigenvalue weighted by Gasteiger charge is 2.22. The first-order chi connectivity index (χ1) is 15.5. The van der Waals surface area contributed by atoms with Crippen molar-refractivity contribution < 1.29 is 0 Å². The second-order valence-corrected chi connectivity index (χ2v) is 8.69. The second kappa shape index (κ2) is 9.92. The van der Waals surface area contributed by atoms with Crippen molar-refractivity contribution in [3.63, 3.8) is 0 Å². The molecule has 6 nitrogen and oxygen atoms in total. The summed E-state index contributed by atoms with van der Waals surface area (Å²) >= 11 is 12.3. The van der Waals surface area contributed by atoms with Crippen LogP contribution in [0.5, 0.6) is 0 Å². The molecule has 1 fully saturated rings. The first kappa shape index (κ1) is 22.6. The zero-order valence-electron chi connectivity index (χ0n) is 18.7. The Morgan fingerprint density at radius 2 is 1.56 bits per heavy atom. The Balaban J connectivity index is 1.60. The lowest BCUT2D eigenvalue weighted by molar-refractivity contribution is 0.637. The maximum absolute atomic E-state index is 6.22. The Morgan fingerprint density at radius 1 is 0.844 bits per heavy atom. The predicted octanol–water partition coefficient (Wildman–Crippen LogP) is 5.33. The van der Waals surface area contributed by atoms with E-state index in [1.54, 1.807) is 0 Å². The number of hydrogen-bond donors (Lipinski definition) is 0. The van der Waals surface area contributed by atoms with Crippen LogP contribution in [-0.4, -0.2) is 54.2 Å². The fourth-order valence-electron chi connectivity index (χ4n) is 3.90. The van der Waals surface area contributed by atoms with Gasteiger partial charge in [0, 0.05) is 50.5 Å². The fourth-order valence-corrected chi connectivity index (χ4v) is 4.20. The van der Waals surface area contributed by atoms with Crippen LogP contribution in [-0.2, 0) is 0 Å². The molecule has 32 heavy (non-hydrogen) atoms. The van der Waals surface area contributed by atoms with Crippen molar-refractivity contribution in [2.45, 2.75) is 20.8 Å². The SMILES string of the molecule is CCN(CC)c1nc(-c2cccc(C)c2)nc(N2CCN(c3ccc(Cl)c(Cl)c3)CC2)n1. The molecule has 0 N–H and O–H groups in total. The Kier molecular flexibility index (Phi) is 7.01. The number of aryl methyl sites for hydroxylation is 1. The summed E-state index contributed by atoms with van der Waals surface area (Å²) in [6.45, 7) is 11.3. The van der Waals surface area contributed by atoms with Crippen LogP contribution in [0.1, 0.15) is 19.4 Å². The summed E-state index contributed by atoms with van der Waals surface area (Å²) in [5.74, 6) is 2.17. The van der Waals surface area contributed by atoms with Crippen LogP contribution in [0.3, 0.4) is 0 Å². The van der Waals surface area contributed by atoms with E-state index in [9.17, 15) is 0 Å². The van der Waals surface area contributed by atoms with Crippen LogP contribution in [0.2, 0.25) is 10.0 Å². The minimum atomic E-state index is 0.576. The van der Waals surface area contributed by atoms with Crippen LogP contribution in [0.25, 0.3) is 11.4 Å². The van der Waals surface area contributed by atoms with Crippen molar-refractivity contribution in [3.05, 3.63) is 58.1 Å². The van der Waals surface area contributed by atoms with Crippen LogP contribution in [0, 0.1) is 6.92 Å². The van der Waals surface area contributed by atoms with Crippen molar-refractivity contribution >= 4 is 40.8 Å². The smallest absolute Gasteiger partial charge is 0.230 e. The molecule has 4 rings (SSSR count). The third kappa shape index (κ3) is 4.92. The van der Waals surface area contributed by atoms with E-state index in [2.05, 4.69) is 53.7 Å². The molecular formula is C24H28Cl2N6. The lowest BCUT2D eigenvalue weighted by Crippen LogP contribution is -2.47. The minimum Gasteiger partial charge on any atom is -0.368 e. The van der Waals surface area contributed by atoms with Gasteiger partial charge in [-0.25, -0.2) is 0 Å². The number of piperazine rings is 1. The van der Waals surface area contributed by atoms with Gasteiger partial charge in [-0.3, -0.25) is 0 Å². The van der Waals surface area contributed by atoms with E-state index in [4.69, 9.17) is 38.2 Å². The van der Waals surface area contributed by atoms with Gasteiger partial charge in [-0.15, -0.1) is 0 Å². The highest BCUT2D eigenvalue weighted by molar-refractivity contribution is 6.42. The predicted molar refractivity (Wildman–Crippen MR) is 134 cm³/mol. The number of rotatable bonds is 6. The average Bonchev–Trinajstić information content (AvgIpc) is 2.82. The van der Waals surface area contributed by atoms with E-state index < -0.39 is 0 Å². The van der Waals surface area contributed by atoms with Gasteiger partial charge >= 0.3 is 0 Å². The van der Waals surface area contributed by atoms with E-state index in [-0.39, 0.29) is 0 Å². The first-order valence-corrected chi connectivity index (χ1v) is 11.8. The van der Waals surface area contributed by atoms with Crippen LogP contribution in [0.15, 0.2) is 42.5 Å². The van der Waals surface area contributed by atoms with Gasteiger partial charge in [0.05, 0.1) is 10.0 Å². The molecule has 0 atom stereocenters. The molecule has 0 saturated carbocycles. The standard InChI is InChI=1S/C24H28Cl2N6/c1-4-30(5-2)23-27-22(18-8-6-7-17(3)15-18)28-24(29-23)32-13-11-31(12-14-32)19-9-10-20(25)21(26)16-19/h6-10,15-16H,4-5,11-14H2,1-3H3. The Morgan fingerprint density at radius 3 is 2.22 bits per heavy atom. The van der Waals surface area contributed by atoms with E-state index in [1.165, 1.54) is 5.56 Å². The molecule has 168 valence electrons. The molecule has 0 spiro atoms. The van der Waals surface area contributed by atoms with Crippen molar-refractivity contribution in [1.82, 2.24) is 15.0 Å². The normalized spacial score (nSPS) is 14.0. The number of aromatic nitrogens is 3. The molecule has 0 bridgehead atoms. The molecule has 8 heteroatoms. The summed E-state index contributed by atoms with van der Waals surface area (Å²) in [6.07, 6.45) is 0. The fraction of sp³-hybridized carbons (Fsp3) is 0.375. The van der Waals surface area contributed by atoms with Crippen LogP contribution >= 0.6 is 23.2 Å². The summed E-state index contributed by atoms with van der Waals surface area (Å²) in [6, 6.07) is 14.1. The number of anilines is 3. The Hall–Kier alpha value is -2.57. The van der Waals surface area contributed by atoms with Gasteiger partial charge in [0.1, 0.15) is 0 Å². The van der Waals surface area contributed by atoms with Gasteiger partial charge < -0.3 is 14.7 Å². The molecule has 1 saturated heterocycles. The third-order valence-corrected chi connectivity index (χ3v) is 6.50. The lowest BCUT2D eigenvalue weighted by Gasteiger charge is -2.36. The number of hydrogen-bond acceptors (Lipinski definition) is 6. The van der Waals surface area contributed by atoms with E-state index in [0.29, 0.717) is 15.9 Å². The maximum atomic E-state index is 6.22. The van der Waals surface area contributed by atoms with E-state index in [0.717, 1.165) is 62.4 Å². The summed E-state index contributed by atoms with van der Waals surface area (Å²) in [5, 5.41) is 1.16. The first-order valence-electron chi connectivity index (χ1n) is 11.0. The zero-order valence-corrected chi connectivity index (χ0v) is 20.2. The van der Waals surface area contributed by atoms with Gasteiger partial charge in [-0.2, -0.15) is 15.0 Å². The number of nitrogens with zero attached hydrogens (tertiary/aromatic N) is 6. The molecular weight excluding hydrogens is 443 g/mol. The molecule has 0 aliphatic carbocycles. The average molecular weight is 471 g/mol. The van der Waals surface area contributed by atoms with Crippen molar-refractivity contribution in [3.8, 4) is 11.4 Å². The van der Waals surface area contributed by atoms with Crippen molar-refractivity contribution in [1.29, 1.82) is 0 Å². The van der Waals surface area contributed by atoms with Gasteiger partial charge in [-0.1, -0.05) is 47.0 Å². The molecule has 3 aromatic rings. The molecule has 0 unspecified atom stereocenters. The topological polar surface area (TPSA) is 48.4 Å². The molecule has 0 amide bonds. The van der Waals surface area contributed by atoms with E-state index in [1.807, 2.05) is 24.3 Å². The second-order valence-electron chi connectivity index (χ2n) is 7.87. The quantitative estimate of drug-likeness (QED) is 0.485. The number of halogens is 2. The van der Waals surface area contributed by atoms with Crippen LogP contribution < -0.4 is 14.7 Å².